The molecule has 3 heterocycles. The molecule has 1 aromatic carbocycles. The standard InChI is InChI=1S/C19H17ClF3N7OS.C2H4O2/c1-2-15-25-14(26-30(15)17-24-8-10-32-17)11-29-18(31)28(9-7-19(21,22)23)16(27-29)12-3-5-13(20)6-4-12;1-2(3)4/h3-6,8,10H,2,7,9,11H2,1H3;1H3,(H,3,4). The number of hydrogen-bond acceptors (Lipinski definition) is 7. The van der Waals surface area contributed by atoms with Crippen LogP contribution in [0, 0.1) is 0 Å². The van der Waals surface area contributed by atoms with Crippen molar-refractivity contribution in [3.63, 3.8) is 0 Å². The van der Waals surface area contributed by atoms with Gasteiger partial charge in [-0.2, -0.15) is 17.9 Å². The molecule has 0 fully saturated rings. The molecule has 3 aromatic heterocycles. The summed E-state index contributed by atoms with van der Waals surface area (Å²) in [7, 11) is 0. The van der Waals surface area contributed by atoms with Gasteiger partial charge in [-0.3, -0.25) is 9.36 Å². The Morgan fingerprint density at radius 3 is 2.42 bits per heavy atom. The van der Waals surface area contributed by atoms with Gasteiger partial charge in [0.15, 0.2) is 11.6 Å². The Bertz CT molecular complexity index is 1360. The van der Waals surface area contributed by atoms with E-state index in [0.717, 1.165) is 16.2 Å². The van der Waals surface area contributed by atoms with Crippen LogP contribution in [0.15, 0.2) is 40.6 Å². The maximum absolute atomic E-state index is 12.9. The molecule has 0 aliphatic carbocycles. The van der Waals surface area contributed by atoms with Crippen molar-refractivity contribution >= 4 is 28.9 Å². The molecular formula is C21H21ClF3N7O3S. The molecular weight excluding hydrogens is 523 g/mol. The van der Waals surface area contributed by atoms with Gasteiger partial charge in [0.05, 0.1) is 6.42 Å². The van der Waals surface area contributed by atoms with E-state index in [9.17, 15) is 18.0 Å². The number of hydrogen-bond donors (Lipinski definition) is 1. The summed E-state index contributed by atoms with van der Waals surface area (Å²) in [5.41, 5.74) is -0.203. The predicted octanol–water partition coefficient (Wildman–Crippen LogP) is 4.06. The molecule has 4 aromatic rings. The predicted molar refractivity (Wildman–Crippen MR) is 126 cm³/mol. The van der Waals surface area contributed by atoms with Gasteiger partial charge in [-0.05, 0) is 24.3 Å². The minimum absolute atomic E-state index is 0.0934. The normalized spacial score (nSPS) is 11.3. The number of aromatic nitrogens is 7. The average molecular weight is 544 g/mol. The third-order valence-corrected chi connectivity index (χ3v) is 5.57. The second kappa shape index (κ2) is 11.5. The van der Waals surface area contributed by atoms with Crippen molar-refractivity contribution in [3.05, 3.63) is 63.0 Å². The van der Waals surface area contributed by atoms with E-state index in [-0.39, 0.29) is 12.4 Å². The third kappa shape index (κ3) is 7.01. The number of nitrogens with zero attached hydrogens (tertiary/aromatic N) is 7. The molecule has 0 bridgehead atoms. The average Bonchev–Trinajstić information content (AvgIpc) is 3.52. The molecule has 0 aliphatic heterocycles. The molecule has 192 valence electrons. The number of halogens is 4. The second-order valence-corrected chi connectivity index (χ2v) is 8.64. The van der Waals surface area contributed by atoms with Gasteiger partial charge >= 0.3 is 11.9 Å². The molecule has 15 heteroatoms. The van der Waals surface area contributed by atoms with E-state index in [4.69, 9.17) is 21.5 Å². The van der Waals surface area contributed by atoms with Gasteiger partial charge in [-0.1, -0.05) is 18.5 Å². The van der Waals surface area contributed by atoms with Gasteiger partial charge in [-0.25, -0.2) is 19.4 Å². The van der Waals surface area contributed by atoms with Crippen LogP contribution in [0.3, 0.4) is 0 Å². The zero-order chi connectivity index (χ0) is 26.5. The highest BCUT2D eigenvalue weighted by molar-refractivity contribution is 7.12. The lowest BCUT2D eigenvalue weighted by Crippen LogP contribution is -2.27. The number of aryl methyl sites for hydroxylation is 1. The lowest BCUT2D eigenvalue weighted by atomic mass is 10.2. The Hall–Kier alpha value is -3.52. The summed E-state index contributed by atoms with van der Waals surface area (Å²) in [6.45, 7) is 2.35. The number of carboxylic acids is 1. The zero-order valence-corrected chi connectivity index (χ0v) is 20.7. The molecule has 0 aliphatic rings. The monoisotopic (exact) mass is 543 g/mol. The van der Waals surface area contributed by atoms with Crippen molar-refractivity contribution in [1.29, 1.82) is 0 Å². The van der Waals surface area contributed by atoms with Crippen molar-refractivity contribution in [2.75, 3.05) is 0 Å². The van der Waals surface area contributed by atoms with Crippen LogP contribution in [0.4, 0.5) is 13.2 Å². The van der Waals surface area contributed by atoms with E-state index in [2.05, 4.69) is 20.2 Å². The highest BCUT2D eigenvalue weighted by atomic mass is 35.5. The van der Waals surface area contributed by atoms with Gasteiger partial charge in [0.2, 0.25) is 5.13 Å². The van der Waals surface area contributed by atoms with E-state index >= 15 is 0 Å². The van der Waals surface area contributed by atoms with E-state index in [1.54, 1.807) is 40.5 Å². The molecule has 0 unspecified atom stereocenters. The number of carbonyl (C=O) groups is 1. The molecule has 4 rings (SSSR count). The first-order chi connectivity index (χ1) is 17.0. The van der Waals surface area contributed by atoms with Crippen LogP contribution >= 0.6 is 22.9 Å². The van der Waals surface area contributed by atoms with Crippen molar-refractivity contribution in [2.45, 2.75) is 46.0 Å². The highest BCUT2D eigenvalue weighted by Gasteiger charge is 2.28. The molecule has 0 radical (unpaired) electrons. The van der Waals surface area contributed by atoms with Gasteiger partial charge < -0.3 is 5.11 Å². The number of rotatable bonds is 7. The lowest BCUT2D eigenvalue weighted by Gasteiger charge is -2.08. The smallest absolute Gasteiger partial charge is 0.390 e. The van der Waals surface area contributed by atoms with Crippen LogP contribution in [-0.4, -0.2) is 51.3 Å². The zero-order valence-electron chi connectivity index (χ0n) is 19.1. The van der Waals surface area contributed by atoms with Crippen molar-refractivity contribution in [3.8, 4) is 16.5 Å². The van der Waals surface area contributed by atoms with E-state index in [1.165, 1.54) is 11.3 Å². The van der Waals surface area contributed by atoms with Gasteiger partial charge in [-0.15, -0.1) is 21.5 Å². The summed E-state index contributed by atoms with van der Waals surface area (Å²) < 4.78 is 42.2. The quantitative estimate of drug-likeness (QED) is 0.373. The first-order valence-corrected chi connectivity index (χ1v) is 11.8. The fourth-order valence-electron chi connectivity index (χ4n) is 3.09. The Balaban J connectivity index is 0.000000840. The number of thiazole rings is 1. The lowest BCUT2D eigenvalue weighted by molar-refractivity contribution is -0.137. The topological polar surface area (TPSA) is 121 Å². The highest BCUT2D eigenvalue weighted by Crippen LogP contribution is 2.23. The fraction of sp³-hybridized carbons (Fsp3) is 0.333. The maximum atomic E-state index is 12.9. The fourth-order valence-corrected chi connectivity index (χ4v) is 3.83. The summed E-state index contributed by atoms with van der Waals surface area (Å²) in [6, 6.07) is 6.37. The molecule has 10 nitrogen and oxygen atoms in total. The summed E-state index contributed by atoms with van der Waals surface area (Å²) in [6.07, 6.45) is -3.34. The van der Waals surface area contributed by atoms with E-state index < -0.39 is 30.8 Å². The van der Waals surface area contributed by atoms with Gasteiger partial charge in [0, 0.05) is 42.1 Å². The van der Waals surface area contributed by atoms with E-state index in [1.807, 2.05) is 6.92 Å². The number of alkyl halides is 3. The SMILES string of the molecule is CC(=O)O.CCc1nc(Cn2nc(-c3ccc(Cl)cc3)n(CCC(F)(F)F)c2=O)nn1-c1nccs1. The summed E-state index contributed by atoms with van der Waals surface area (Å²) >= 11 is 7.30. The second-order valence-electron chi connectivity index (χ2n) is 7.33. The Morgan fingerprint density at radius 2 is 1.86 bits per heavy atom. The van der Waals surface area contributed by atoms with Gasteiger partial charge in [0.1, 0.15) is 12.4 Å². The molecule has 0 spiro atoms. The van der Waals surface area contributed by atoms with Crippen LogP contribution in [0.1, 0.15) is 31.9 Å². The minimum atomic E-state index is -4.41. The van der Waals surface area contributed by atoms with Crippen molar-refractivity contribution < 1.29 is 23.1 Å². The number of aliphatic carboxylic acids is 1. The Morgan fingerprint density at radius 1 is 1.19 bits per heavy atom. The maximum Gasteiger partial charge on any atom is 0.390 e. The first kappa shape index (κ1) is 27.1. The minimum Gasteiger partial charge on any atom is -0.481 e. The molecule has 36 heavy (non-hydrogen) atoms. The Kier molecular flexibility index (Phi) is 8.63. The molecule has 0 saturated carbocycles. The van der Waals surface area contributed by atoms with Gasteiger partial charge in [0.25, 0.3) is 5.97 Å². The number of carboxylic acid groups (broad SMARTS) is 1. The van der Waals surface area contributed by atoms with E-state index in [0.29, 0.717) is 33.8 Å². The first-order valence-electron chi connectivity index (χ1n) is 10.5. The number of benzene rings is 1. The summed E-state index contributed by atoms with van der Waals surface area (Å²) in [5.74, 6) is 0.241. The van der Waals surface area contributed by atoms with Crippen molar-refractivity contribution in [2.24, 2.45) is 0 Å². The van der Waals surface area contributed by atoms with Crippen LogP contribution in [0.5, 0.6) is 0 Å². The summed E-state index contributed by atoms with van der Waals surface area (Å²) in [4.78, 5) is 30.6. The van der Waals surface area contributed by atoms with Crippen LogP contribution < -0.4 is 5.69 Å². The molecule has 0 amide bonds. The van der Waals surface area contributed by atoms with Crippen LogP contribution in [0.25, 0.3) is 16.5 Å². The van der Waals surface area contributed by atoms with Crippen molar-refractivity contribution in [1.82, 2.24) is 34.1 Å². The molecule has 0 saturated heterocycles. The van der Waals surface area contributed by atoms with Crippen LogP contribution in [-0.2, 0) is 24.3 Å². The third-order valence-electron chi connectivity index (χ3n) is 4.57. The largest absolute Gasteiger partial charge is 0.481 e. The summed E-state index contributed by atoms with van der Waals surface area (Å²) in [5, 5.41) is 19.0. The Labute approximate surface area is 211 Å². The van der Waals surface area contributed by atoms with Crippen LogP contribution in [0.2, 0.25) is 5.02 Å². The molecule has 0 atom stereocenters. The molecule has 1 N–H and O–H groups in total.